The van der Waals surface area contributed by atoms with Crippen LogP contribution in [0.5, 0.6) is 5.75 Å². The Kier molecular flexibility index (Phi) is 2.84. The van der Waals surface area contributed by atoms with E-state index in [1.54, 1.807) is 0 Å². The molecule has 0 aliphatic heterocycles. The van der Waals surface area contributed by atoms with Crippen LogP contribution in [-0.4, -0.2) is 0 Å². The molecule has 2 heteroatoms. The van der Waals surface area contributed by atoms with Crippen molar-refractivity contribution in [3.05, 3.63) is 54.6 Å². The lowest BCUT2D eigenvalue weighted by Gasteiger charge is -2.05. The highest BCUT2D eigenvalue weighted by Gasteiger charge is 2.03. The van der Waals surface area contributed by atoms with Gasteiger partial charge in [0.2, 0.25) is 0 Å². The van der Waals surface area contributed by atoms with E-state index in [4.69, 9.17) is 3.83 Å². The zero-order valence-electron chi connectivity index (χ0n) is 7.48. The Morgan fingerprint density at radius 3 is 2.14 bits per heavy atom. The van der Waals surface area contributed by atoms with Gasteiger partial charge in [0.25, 0.3) is 0 Å². The molecule has 0 saturated carbocycles. The van der Waals surface area contributed by atoms with Crippen LogP contribution in [0.3, 0.4) is 0 Å². The lowest BCUT2D eigenvalue weighted by atomic mass is 10.1. The van der Waals surface area contributed by atoms with Gasteiger partial charge in [0.15, 0.2) is 16.3 Å². The third-order valence-electron chi connectivity index (χ3n) is 2.05. The predicted octanol–water partition coefficient (Wildman–Crippen LogP) is 4.04. The number of hydrogen-bond donors (Lipinski definition) is 0. The minimum absolute atomic E-state index is 0.832. The molecule has 0 aliphatic rings. The van der Waals surface area contributed by atoms with Gasteiger partial charge in [-0.25, -0.2) is 0 Å². The van der Waals surface area contributed by atoms with Crippen LogP contribution in [0, 0.1) is 0 Å². The van der Waals surface area contributed by atoms with E-state index >= 15 is 0 Å². The van der Waals surface area contributed by atoms with Crippen molar-refractivity contribution in [3.63, 3.8) is 0 Å². The van der Waals surface area contributed by atoms with Crippen LogP contribution in [-0.2, 0) is 0 Å². The summed E-state index contributed by atoms with van der Waals surface area (Å²) < 4.78 is 5.11. The van der Waals surface area contributed by atoms with Gasteiger partial charge in [-0.1, -0.05) is 48.5 Å². The topological polar surface area (TPSA) is 9.23 Å². The Balaban J connectivity index is 2.51. The van der Waals surface area contributed by atoms with Gasteiger partial charge in [0.1, 0.15) is 5.75 Å². The molecule has 14 heavy (non-hydrogen) atoms. The fraction of sp³-hybridized carbons (Fsp3) is 0. The van der Waals surface area contributed by atoms with Crippen LogP contribution >= 0.6 is 16.3 Å². The first kappa shape index (κ1) is 9.28. The van der Waals surface area contributed by atoms with Crippen molar-refractivity contribution in [3.8, 4) is 16.9 Å². The summed E-state index contributed by atoms with van der Waals surface area (Å²) in [5, 5.41) is 0. The van der Waals surface area contributed by atoms with Crippen LogP contribution in [0.1, 0.15) is 0 Å². The van der Waals surface area contributed by atoms with E-state index in [1.165, 1.54) is 0 Å². The van der Waals surface area contributed by atoms with Crippen molar-refractivity contribution >= 4 is 16.3 Å². The Morgan fingerprint density at radius 2 is 1.43 bits per heavy atom. The summed E-state index contributed by atoms with van der Waals surface area (Å²) in [6.45, 7) is 0. The molecule has 1 nitrogen and oxygen atoms in total. The largest absolute Gasteiger partial charge is 0.417 e. The molecule has 0 bridgehead atoms. The van der Waals surface area contributed by atoms with Crippen molar-refractivity contribution in [2.75, 3.05) is 0 Å². The predicted molar refractivity (Wildman–Crippen MR) is 61.4 cm³/mol. The van der Waals surface area contributed by atoms with Gasteiger partial charge >= 0.3 is 0 Å². The molecule has 0 saturated heterocycles. The van der Waals surface area contributed by atoms with E-state index in [-0.39, 0.29) is 0 Å². The summed E-state index contributed by atoms with van der Waals surface area (Å²) in [4.78, 5) is 0. The standard InChI is InChI=1S/C12H9BrO/c13-14-12-9-5-4-8-11(12)10-6-2-1-3-7-10/h1-9H. The maximum atomic E-state index is 5.11. The van der Waals surface area contributed by atoms with E-state index < -0.39 is 0 Å². The van der Waals surface area contributed by atoms with Gasteiger partial charge < -0.3 is 3.83 Å². The van der Waals surface area contributed by atoms with Gasteiger partial charge in [-0.15, -0.1) is 0 Å². The minimum atomic E-state index is 0.832. The third kappa shape index (κ3) is 1.80. The second-order valence-corrected chi connectivity index (χ2v) is 3.26. The number of para-hydroxylation sites is 1. The summed E-state index contributed by atoms with van der Waals surface area (Å²) in [5.41, 5.74) is 2.24. The highest BCUT2D eigenvalue weighted by molar-refractivity contribution is 9.06. The normalized spacial score (nSPS) is 9.79. The molecule has 0 fully saturated rings. The molecule has 0 aromatic heterocycles. The Hall–Kier alpha value is -1.28. The van der Waals surface area contributed by atoms with E-state index in [1.807, 2.05) is 42.5 Å². The van der Waals surface area contributed by atoms with Crippen molar-refractivity contribution in [1.82, 2.24) is 0 Å². The fourth-order valence-corrected chi connectivity index (χ4v) is 1.67. The second-order valence-electron chi connectivity index (χ2n) is 2.94. The smallest absolute Gasteiger partial charge is 0.179 e. The molecule has 0 aliphatic carbocycles. The zero-order chi connectivity index (χ0) is 9.80. The molecular formula is C12H9BrO. The molecule has 70 valence electrons. The van der Waals surface area contributed by atoms with Crippen LogP contribution in [0.15, 0.2) is 54.6 Å². The average Bonchev–Trinajstić information content (AvgIpc) is 2.30. The van der Waals surface area contributed by atoms with Crippen LogP contribution in [0.25, 0.3) is 11.1 Å². The van der Waals surface area contributed by atoms with E-state index in [9.17, 15) is 0 Å². The SMILES string of the molecule is BrOc1ccccc1-c1ccccc1. The highest BCUT2D eigenvalue weighted by Crippen LogP contribution is 2.30. The number of hydrogen-bond acceptors (Lipinski definition) is 1. The number of halogens is 1. The van der Waals surface area contributed by atoms with Crippen molar-refractivity contribution in [2.45, 2.75) is 0 Å². The summed E-state index contributed by atoms with van der Waals surface area (Å²) >= 11 is 3.01. The average molecular weight is 249 g/mol. The van der Waals surface area contributed by atoms with Crippen molar-refractivity contribution < 1.29 is 3.83 Å². The van der Waals surface area contributed by atoms with Crippen LogP contribution < -0.4 is 3.83 Å². The van der Waals surface area contributed by atoms with Crippen molar-refractivity contribution in [2.24, 2.45) is 0 Å². The molecule has 0 atom stereocenters. The van der Waals surface area contributed by atoms with E-state index in [0.717, 1.165) is 16.9 Å². The molecule has 0 unspecified atom stereocenters. The molecule has 2 aromatic rings. The first-order chi connectivity index (χ1) is 6.92. The Morgan fingerprint density at radius 1 is 0.786 bits per heavy atom. The number of rotatable bonds is 2. The van der Waals surface area contributed by atoms with Gasteiger partial charge in [-0.2, -0.15) is 0 Å². The first-order valence-corrected chi connectivity index (χ1v) is 4.99. The van der Waals surface area contributed by atoms with Crippen LogP contribution in [0.2, 0.25) is 0 Å². The third-order valence-corrected chi connectivity index (χ3v) is 2.40. The first-order valence-electron chi connectivity index (χ1n) is 4.35. The maximum Gasteiger partial charge on any atom is 0.179 e. The molecular weight excluding hydrogens is 240 g/mol. The molecule has 0 radical (unpaired) electrons. The van der Waals surface area contributed by atoms with Crippen LogP contribution in [0.4, 0.5) is 0 Å². The summed E-state index contributed by atoms with van der Waals surface area (Å²) in [6, 6.07) is 18.1. The Labute approximate surface area is 91.8 Å². The second kappa shape index (κ2) is 4.29. The quantitative estimate of drug-likeness (QED) is 0.780. The van der Waals surface area contributed by atoms with E-state index in [0.29, 0.717) is 0 Å². The molecule has 0 heterocycles. The molecule has 2 aromatic carbocycles. The number of benzene rings is 2. The van der Waals surface area contributed by atoms with Gasteiger partial charge in [-0.3, -0.25) is 0 Å². The summed E-state index contributed by atoms with van der Waals surface area (Å²) in [7, 11) is 0. The van der Waals surface area contributed by atoms with Crippen molar-refractivity contribution in [1.29, 1.82) is 0 Å². The molecule has 2 rings (SSSR count). The molecule has 0 N–H and O–H groups in total. The zero-order valence-corrected chi connectivity index (χ0v) is 9.07. The maximum absolute atomic E-state index is 5.11. The van der Waals surface area contributed by atoms with Gasteiger partial charge in [-0.05, 0) is 11.6 Å². The minimum Gasteiger partial charge on any atom is -0.417 e. The highest BCUT2D eigenvalue weighted by atomic mass is 79.9. The summed E-state index contributed by atoms with van der Waals surface area (Å²) in [6.07, 6.45) is 0. The monoisotopic (exact) mass is 248 g/mol. The van der Waals surface area contributed by atoms with Gasteiger partial charge in [0, 0.05) is 5.56 Å². The summed E-state index contributed by atoms with van der Waals surface area (Å²) in [5.74, 6) is 0.832. The fourth-order valence-electron chi connectivity index (χ4n) is 1.39. The van der Waals surface area contributed by atoms with Gasteiger partial charge in [0.05, 0.1) is 0 Å². The molecule has 0 spiro atoms. The lowest BCUT2D eigenvalue weighted by molar-refractivity contribution is 0.681. The lowest BCUT2D eigenvalue weighted by Crippen LogP contribution is -1.81. The molecule has 0 amide bonds. The van der Waals surface area contributed by atoms with E-state index in [2.05, 4.69) is 28.4 Å². The Bertz CT molecular complexity index is 412.